The summed E-state index contributed by atoms with van der Waals surface area (Å²) in [5, 5.41) is 0. The van der Waals surface area contributed by atoms with Crippen molar-refractivity contribution in [3.8, 4) is 0 Å². The number of esters is 1. The van der Waals surface area contributed by atoms with Crippen molar-refractivity contribution in [2.24, 2.45) is 0 Å². The van der Waals surface area contributed by atoms with Crippen LogP contribution in [0.3, 0.4) is 0 Å². The molecule has 0 heterocycles. The van der Waals surface area contributed by atoms with E-state index in [1.807, 2.05) is 0 Å². The number of carbonyl (C=O) groups excluding carboxylic acids is 2. The molecule has 0 aliphatic carbocycles. The summed E-state index contributed by atoms with van der Waals surface area (Å²) in [5.74, 6) is -0.355. The maximum atomic E-state index is 10.2. The lowest BCUT2D eigenvalue weighted by Gasteiger charge is -2.02. The van der Waals surface area contributed by atoms with Crippen molar-refractivity contribution in [1.82, 2.24) is 0 Å². The minimum atomic E-state index is -0.767. The molecule has 9 heteroatoms. The van der Waals surface area contributed by atoms with Gasteiger partial charge in [-0.1, -0.05) is 7.43 Å². The van der Waals surface area contributed by atoms with Crippen LogP contribution in [0.25, 0.3) is 0 Å². The van der Waals surface area contributed by atoms with Crippen LogP contribution in [0.2, 0.25) is 0 Å². The zero-order valence-electron chi connectivity index (χ0n) is 11.5. The van der Waals surface area contributed by atoms with E-state index in [0.29, 0.717) is 0 Å². The van der Waals surface area contributed by atoms with Crippen molar-refractivity contribution >= 4 is 12.1 Å². The van der Waals surface area contributed by atoms with Crippen LogP contribution in [0, 0.1) is 0 Å². The van der Waals surface area contributed by atoms with E-state index in [2.05, 4.69) is 33.2 Å². The molecule has 0 bridgehead atoms. The minimum Gasteiger partial charge on any atom is -0.439 e. The number of hydrogen-bond donors (Lipinski definition) is 0. The van der Waals surface area contributed by atoms with Gasteiger partial charge in [-0.2, -0.15) is 0 Å². The fourth-order valence-corrected chi connectivity index (χ4v) is 0.508. The minimum absolute atomic E-state index is 0. The largest absolute Gasteiger partial charge is 0.510 e. The van der Waals surface area contributed by atoms with Crippen LogP contribution in [-0.2, 0) is 38.0 Å². The van der Waals surface area contributed by atoms with Crippen molar-refractivity contribution in [1.29, 1.82) is 0 Å². The van der Waals surface area contributed by atoms with Gasteiger partial charge in [0.15, 0.2) is 13.6 Å². The summed E-state index contributed by atoms with van der Waals surface area (Å²) in [6.45, 7) is 1.37. The van der Waals surface area contributed by atoms with Crippen molar-refractivity contribution in [3.63, 3.8) is 0 Å². The second kappa shape index (κ2) is 19.9. The maximum Gasteiger partial charge on any atom is 0.510 e. The molecule has 0 aromatic carbocycles. The van der Waals surface area contributed by atoms with E-state index in [-0.39, 0.29) is 40.6 Å². The molecular weight excluding hydrogens is 276 g/mol. The first kappa shape index (κ1) is 23.7. The molecule has 9 nitrogen and oxygen atoms in total. The standard InChI is InChI=1S/C5H10O5.C5H10O4.CH4/c1-7-3-9-4-10-5(6)8-2;1-5(6)9-4-8-3-7-2;/h3-4H2,1-2H3;3-4H2,1-2H3;1H4. The van der Waals surface area contributed by atoms with Crippen LogP contribution >= 0.6 is 0 Å². The first-order valence-corrected chi connectivity index (χ1v) is 5.05. The molecule has 20 heavy (non-hydrogen) atoms. The molecule has 0 aromatic heterocycles. The third-order valence-corrected chi connectivity index (χ3v) is 1.17. The van der Waals surface area contributed by atoms with Gasteiger partial charge >= 0.3 is 12.1 Å². The van der Waals surface area contributed by atoms with Gasteiger partial charge in [0.05, 0.1) is 7.11 Å². The number of methoxy groups -OCH3 is 3. The molecule has 0 N–H and O–H groups in total. The highest BCUT2D eigenvalue weighted by Gasteiger charge is 1.97. The first-order chi connectivity index (χ1) is 9.08. The second-order valence-corrected chi connectivity index (χ2v) is 2.69. The van der Waals surface area contributed by atoms with Crippen molar-refractivity contribution in [2.45, 2.75) is 14.4 Å². The molecule has 0 amide bonds. The molecule has 0 saturated carbocycles. The summed E-state index contributed by atoms with van der Waals surface area (Å²) in [4.78, 5) is 20.3. The van der Waals surface area contributed by atoms with Crippen LogP contribution < -0.4 is 0 Å². The summed E-state index contributed by atoms with van der Waals surface area (Å²) >= 11 is 0. The van der Waals surface area contributed by atoms with E-state index >= 15 is 0 Å². The number of hydrogen-bond acceptors (Lipinski definition) is 9. The first-order valence-electron chi connectivity index (χ1n) is 5.05. The SMILES string of the molecule is C.COCOCOC(=O)OC.COCOCOC(C)=O. The lowest BCUT2D eigenvalue weighted by molar-refractivity contribution is -0.163. The van der Waals surface area contributed by atoms with Gasteiger partial charge in [0, 0.05) is 21.1 Å². The van der Waals surface area contributed by atoms with Crippen molar-refractivity contribution in [3.05, 3.63) is 0 Å². The van der Waals surface area contributed by atoms with E-state index < -0.39 is 6.16 Å². The molecule has 0 unspecified atom stereocenters. The third kappa shape index (κ3) is 25.4. The Kier molecular flexibility index (Phi) is 23.5. The van der Waals surface area contributed by atoms with Crippen LogP contribution in [-0.4, -0.2) is 60.6 Å². The maximum absolute atomic E-state index is 10.2. The van der Waals surface area contributed by atoms with Crippen LogP contribution in [0.1, 0.15) is 14.4 Å². The fraction of sp³-hybridized carbons (Fsp3) is 0.818. The molecular formula is C11H24O9. The van der Waals surface area contributed by atoms with Gasteiger partial charge < -0.3 is 33.2 Å². The summed E-state index contributed by atoms with van der Waals surface area (Å²) in [6.07, 6.45) is -0.767. The van der Waals surface area contributed by atoms with E-state index in [1.54, 1.807) is 0 Å². The van der Waals surface area contributed by atoms with Crippen LogP contribution in [0.5, 0.6) is 0 Å². The lowest BCUT2D eigenvalue weighted by Crippen LogP contribution is -2.09. The summed E-state index contributed by atoms with van der Waals surface area (Å²) in [7, 11) is 4.19. The number of rotatable bonds is 8. The highest BCUT2D eigenvalue weighted by atomic mass is 16.8. The highest BCUT2D eigenvalue weighted by molar-refractivity contribution is 5.65. The van der Waals surface area contributed by atoms with Gasteiger partial charge in [-0.3, -0.25) is 4.79 Å². The molecule has 0 aromatic rings. The predicted octanol–water partition coefficient (Wildman–Crippen LogP) is 1.11. The Morgan fingerprint density at radius 1 is 0.800 bits per heavy atom. The summed E-state index contributed by atoms with van der Waals surface area (Å²) in [6, 6.07) is 0. The van der Waals surface area contributed by atoms with E-state index in [9.17, 15) is 9.59 Å². The molecule has 0 aliphatic heterocycles. The number of carbonyl (C=O) groups is 2. The quantitative estimate of drug-likeness (QED) is 0.371. The zero-order chi connectivity index (χ0) is 14.9. The Balaban J connectivity index is -0.000000277. The highest BCUT2D eigenvalue weighted by Crippen LogP contribution is 1.82. The van der Waals surface area contributed by atoms with Gasteiger partial charge in [-0.05, 0) is 0 Å². The van der Waals surface area contributed by atoms with Gasteiger partial charge in [0.2, 0.25) is 0 Å². The van der Waals surface area contributed by atoms with E-state index in [4.69, 9.17) is 0 Å². The molecule has 0 aliphatic rings. The van der Waals surface area contributed by atoms with Gasteiger partial charge in [0.25, 0.3) is 0 Å². The molecule has 0 saturated heterocycles. The third-order valence-electron chi connectivity index (χ3n) is 1.17. The Labute approximate surface area is 119 Å². The van der Waals surface area contributed by atoms with Gasteiger partial charge in [-0.15, -0.1) is 0 Å². The van der Waals surface area contributed by atoms with Crippen molar-refractivity contribution < 1.29 is 42.7 Å². The molecule has 0 fully saturated rings. The Morgan fingerprint density at radius 2 is 1.25 bits per heavy atom. The average Bonchev–Trinajstić information content (AvgIpc) is 2.40. The molecule has 0 spiro atoms. The Hall–Kier alpha value is -1.42. The topological polar surface area (TPSA) is 98.8 Å². The predicted molar refractivity (Wildman–Crippen MR) is 67.6 cm³/mol. The molecule has 0 rings (SSSR count). The summed E-state index contributed by atoms with van der Waals surface area (Å²) in [5.41, 5.74) is 0. The monoisotopic (exact) mass is 300 g/mol. The van der Waals surface area contributed by atoms with Gasteiger partial charge in [0.1, 0.15) is 13.6 Å². The van der Waals surface area contributed by atoms with E-state index in [0.717, 1.165) is 0 Å². The normalized spacial score (nSPS) is 8.60. The smallest absolute Gasteiger partial charge is 0.439 e. The zero-order valence-corrected chi connectivity index (χ0v) is 11.5. The fourth-order valence-electron chi connectivity index (χ4n) is 0.508. The van der Waals surface area contributed by atoms with Gasteiger partial charge in [-0.25, -0.2) is 4.79 Å². The Morgan fingerprint density at radius 3 is 1.60 bits per heavy atom. The summed E-state index contributed by atoms with van der Waals surface area (Å²) < 4.78 is 31.1. The van der Waals surface area contributed by atoms with Crippen molar-refractivity contribution in [2.75, 3.05) is 48.5 Å². The second-order valence-electron chi connectivity index (χ2n) is 2.69. The number of ether oxygens (including phenoxy) is 7. The molecule has 0 radical (unpaired) electrons. The molecule has 0 atom stereocenters. The van der Waals surface area contributed by atoms with Crippen LogP contribution in [0.15, 0.2) is 0 Å². The molecule has 122 valence electrons. The van der Waals surface area contributed by atoms with E-state index in [1.165, 1.54) is 28.3 Å². The van der Waals surface area contributed by atoms with Crippen LogP contribution in [0.4, 0.5) is 4.79 Å². The Bertz CT molecular complexity index is 220. The lowest BCUT2D eigenvalue weighted by atomic mass is 10.8. The average molecular weight is 300 g/mol.